The highest BCUT2D eigenvalue weighted by Crippen LogP contribution is 2.32. The lowest BCUT2D eigenvalue weighted by molar-refractivity contribution is -0.138. The van der Waals surface area contributed by atoms with Crippen molar-refractivity contribution in [2.24, 2.45) is 7.05 Å². The third kappa shape index (κ3) is 4.56. The van der Waals surface area contributed by atoms with E-state index in [1.165, 1.54) is 31.0 Å². The molecule has 168 valence electrons. The summed E-state index contributed by atoms with van der Waals surface area (Å²) in [6.45, 7) is 0. The van der Waals surface area contributed by atoms with Gasteiger partial charge in [0.25, 0.3) is 0 Å². The van der Waals surface area contributed by atoms with Crippen molar-refractivity contribution in [3.63, 3.8) is 0 Å². The molecule has 0 unspecified atom stereocenters. The summed E-state index contributed by atoms with van der Waals surface area (Å²) in [5.74, 6) is -2.11. The van der Waals surface area contributed by atoms with Gasteiger partial charge < -0.3 is 9.88 Å². The van der Waals surface area contributed by atoms with Gasteiger partial charge in [-0.1, -0.05) is 0 Å². The minimum atomic E-state index is -4.74. The summed E-state index contributed by atoms with van der Waals surface area (Å²) < 4.78 is 54.6. The van der Waals surface area contributed by atoms with E-state index in [0.29, 0.717) is 34.8 Å². The number of ketones is 1. The number of fused-ring (bicyclic) bond motifs is 1. The SMILES string of the molecule is Cn1cc(C(=O)c2cncc(NC(=O)Cc3cc(F)ccc3C(F)(F)F)c2)c2cncnc21. The molecule has 0 fully saturated rings. The van der Waals surface area contributed by atoms with Gasteiger partial charge in [0.15, 0.2) is 5.78 Å². The Bertz CT molecular complexity index is 1380. The average Bonchev–Trinajstić information content (AvgIpc) is 3.09. The molecular weight excluding hydrogens is 442 g/mol. The van der Waals surface area contributed by atoms with E-state index in [9.17, 15) is 27.2 Å². The molecule has 0 saturated heterocycles. The first-order chi connectivity index (χ1) is 15.6. The number of nitrogens with zero attached hydrogens (tertiary/aromatic N) is 4. The Labute approximate surface area is 184 Å². The van der Waals surface area contributed by atoms with Crippen LogP contribution in [0.4, 0.5) is 23.2 Å². The van der Waals surface area contributed by atoms with Crippen molar-refractivity contribution in [2.75, 3.05) is 5.32 Å². The van der Waals surface area contributed by atoms with Crippen LogP contribution in [0.2, 0.25) is 0 Å². The molecule has 4 aromatic rings. The van der Waals surface area contributed by atoms with Crippen LogP contribution < -0.4 is 5.32 Å². The summed E-state index contributed by atoms with van der Waals surface area (Å²) in [7, 11) is 1.72. The zero-order valence-corrected chi connectivity index (χ0v) is 17.0. The lowest BCUT2D eigenvalue weighted by Crippen LogP contribution is -2.18. The zero-order chi connectivity index (χ0) is 23.8. The largest absolute Gasteiger partial charge is 0.416 e. The number of amides is 1. The van der Waals surface area contributed by atoms with Crippen LogP contribution in [0.1, 0.15) is 27.0 Å². The number of carbonyl (C=O) groups excluding carboxylic acids is 2. The van der Waals surface area contributed by atoms with Crippen molar-refractivity contribution in [3.8, 4) is 0 Å². The molecule has 7 nitrogen and oxygen atoms in total. The number of benzene rings is 1. The molecule has 0 aliphatic heterocycles. The van der Waals surface area contributed by atoms with Gasteiger partial charge in [0.05, 0.1) is 29.4 Å². The first kappa shape index (κ1) is 22.1. The van der Waals surface area contributed by atoms with Crippen molar-refractivity contribution in [3.05, 3.63) is 83.5 Å². The molecule has 0 atom stereocenters. The number of rotatable bonds is 5. The van der Waals surface area contributed by atoms with Gasteiger partial charge in [-0.15, -0.1) is 0 Å². The molecule has 0 spiro atoms. The lowest BCUT2D eigenvalue weighted by Gasteiger charge is -2.13. The Morgan fingerprint density at radius 2 is 1.88 bits per heavy atom. The van der Waals surface area contributed by atoms with Crippen LogP contribution in [-0.4, -0.2) is 31.2 Å². The molecule has 0 aliphatic carbocycles. The number of alkyl halides is 3. The quantitative estimate of drug-likeness (QED) is 0.362. The molecule has 0 saturated carbocycles. The second kappa shape index (κ2) is 8.41. The molecule has 0 bridgehead atoms. The predicted molar refractivity (Wildman–Crippen MR) is 110 cm³/mol. The number of aromatic nitrogens is 4. The van der Waals surface area contributed by atoms with Crippen LogP contribution in [-0.2, 0) is 24.4 Å². The Morgan fingerprint density at radius 1 is 1.09 bits per heavy atom. The van der Waals surface area contributed by atoms with E-state index in [0.717, 1.165) is 0 Å². The first-order valence-electron chi connectivity index (χ1n) is 9.53. The number of hydrogen-bond donors (Lipinski definition) is 1. The molecule has 1 N–H and O–H groups in total. The number of carbonyl (C=O) groups is 2. The standard InChI is InChI=1S/C22H15F4N5O2/c1-31-10-17(16-9-28-11-29-21(16)31)20(33)13-5-15(8-27-7-13)30-19(32)6-12-4-14(23)2-3-18(12)22(24,25)26/h2-5,7-11H,6H2,1H3,(H,30,32). The maximum Gasteiger partial charge on any atom is 0.416 e. The molecule has 3 aromatic heterocycles. The number of pyridine rings is 1. The number of aryl methyl sites for hydroxylation is 1. The Morgan fingerprint density at radius 3 is 2.64 bits per heavy atom. The van der Waals surface area contributed by atoms with Gasteiger partial charge in [0, 0.05) is 36.6 Å². The fourth-order valence-electron chi connectivity index (χ4n) is 3.45. The first-order valence-corrected chi connectivity index (χ1v) is 9.53. The summed E-state index contributed by atoms with van der Waals surface area (Å²) in [5.41, 5.74) is -0.470. The normalized spacial score (nSPS) is 11.5. The highest BCUT2D eigenvalue weighted by molar-refractivity contribution is 6.16. The summed E-state index contributed by atoms with van der Waals surface area (Å²) >= 11 is 0. The summed E-state index contributed by atoms with van der Waals surface area (Å²) in [5, 5.41) is 2.94. The molecular formula is C22H15F4N5O2. The highest BCUT2D eigenvalue weighted by atomic mass is 19.4. The van der Waals surface area contributed by atoms with E-state index < -0.39 is 41.2 Å². The molecule has 4 rings (SSSR count). The summed E-state index contributed by atoms with van der Waals surface area (Å²) in [6.07, 6.45) is 1.55. The van der Waals surface area contributed by atoms with Gasteiger partial charge in [0.1, 0.15) is 17.8 Å². The van der Waals surface area contributed by atoms with E-state index in [4.69, 9.17) is 0 Å². The second-order valence-corrected chi connectivity index (χ2v) is 7.23. The molecule has 1 amide bonds. The Hall–Kier alpha value is -4.15. The minimum absolute atomic E-state index is 0.104. The van der Waals surface area contributed by atoms with Crippen molar-refractivity contribution in [2.45, 2.75) is 12.6 Å². The molecule has 1 aromatic carbocycles. The van der Waals surface area contributed by atoms with Gasteiger partial charge >= 0.3 is 6.18 Å². The topological polar surface area (TPSA) is 89.8 Å². The van der Waals surface area contributed by atoms with Crippen molar-refractivity contribution >= 4 is 28.4 Å². The maximum absolute atomic E-state index is 13.5. The van der Waals surface area contributed by atoms with E-state index >= 15 is 0 Å². The molecule has 11 heteroatoms. The summed E-state index contributed by atoms with van der Waals surface area (Å²) in [6, 6.07) is 3.30. The van der Waals surface area contributed by atoms with Crippen LogP contribution in [0.25, 0.3) is 11.0 Å². The van der Waals surface area contributed by atoms with Gasteiger partial charge in [-0.2, -0.15) is 13.2 Å². The monoisotopic (exact) mass is 457 g/mol. The highest BCUT2D eigenvalue weighted by Gasteiger charge is 2.33. The smallest absolute Gasteiger partial charge is 0.335 e. The van der Waals surface area contributed by atoms with Crippen LogP contribution >= 0.6 is 0 Å². The Kier molecular flexibility index (Phi) is 5.62. The van der Waals surface area contributed by atoms with E-state index in [1.807, 2.05) is 0 Å². The Balaban J connectivity index is 1.56. The third-order valence-electron chi connectivity index (χ3n) is 4.89. The van der Waals surface area contributed by atoms with E-state index in [-0.39, 0.29) is 11.3 Å². The lowest BCUT2D eigenvalue weighted by atomic mass is 10.0. The third-order valence-corrected chi connectivity index (χ3v) is 4.89. The zero-order valence-electron chi connectivity index (χ0n) is 17.0. The molecule has 0 aliphatic rings. The minimum Gasteiger partial charge on any atom is -0.335 e. The average molecular weight is 457 g/mol. The van der Waals surface area contributed by atoms with Crippen molar-refractivity contribution < 1.29 is 27.2 Å². The van der Waals surface area contributed by atoms with Gasteiger partial charge in [-0.05, 0) is 29.8 Å². The number of hydrogen-bond acceptors (Lipinski definition) is 5. The number of nitrogens with one attached hydrogen (secondary N) is 1. The second-order valence-electron chi connectivity index (χ2n) is 7.23. The predicted octanol–water partition coefficient (Wildman–Crippen LogP) is 3.93. The van der Waals surface area contributed by atoms with Crippen molar-refractivity contribution in [1.82, 2.24) is 19.5 Å². The molecule has 3 heterocycles. The fourth-order valence-corrected chi connectivity index (χ4v) is 3.45. The van der Waals surface area contributed by atoms with E-state index in [2.05, 4.69) is 20.3 Å². The number of anilines is 1. The van der Waals surface area contributed by atoms with Crippen LogP contribution in [0.5, 0.6) is 0 Å². The van der Waals surface area contributed by atoms with Gasteiger partial charge in [-0.3, -0.25) is 14.6 Å². The van der Waals surface area contributed by atoms with Gasteiger partial charge in [0.2, 0.25) is 5.91 Å². The molecule has 0 radical (unpaired) electrons. The summed E-state index contributed by atoms with van der Waals surface area (Å²) in [4.78, 5) is 37.4. The van der Waals surface area contributed by atoms with Gasteiger partial charge in [-0.25, -0.2) is 14.4 Å². The molecule has 33 heavy (non-hydrogen) atoms. The van der Waals surface area contributed by atoms with Crippen LogP contribution in [0.15, 0.2) is 55.4 Å². The fraction of sp³-hybridized carbons (Fsp3) is 0.136. The number of halogens is 4. The van der Waals surface area contributed by atoms with E-state index in [1.54, 1.807) is 17.8 Å². The van der Waals surface area contributed by atoms with Crippen LogP contribution in [0.3, 0.4) is 0 Å². The van der Waals surface area contributed by atoms with Crippen LogP contribution in [0, 0.1) is 5.82 Å². The van der Waals surface area contributed by atoms with Crippen molar-refractivity contribution in [1.29, 1.82) is 0 Å². The maximum atomic E-state index is 13.5.